The van der Waals surface area contributed by atoms with Crippen molar-refractivity contribution in [1.82, 2.24) is 0 Å². The Hall–Kier alpha value is -2.55. The van der Waals surface area contributed by atoms with Crippen LogP contribution < -0.4 is 0 Å². The lowest BCUT2D eigenvalue weighted by Crippen LogP contribution is -2.37. The molecule has 0 fully saturated rings. The van der Waals surface area contributed by atoms with E-state index in [0.29, 0.717) is 17.4 Å². The van der Waals surface area contributed by atoms with Gasteiger partial charge < -0.3 is 18.9 Å². The van der Waals surface area contributed by atoms with E-state index in [0.717, 1.165) is 77.0 Å². The SMILES string of the molecule is CC/C=C\C/C=C\C/C=C\C/C=C\CCCCCCCCCCC(=O)OC(COC(=O)CCCCCCCCCCC/C=C\C/C=C\CCCCCCC)COP(=O)(O)OCC[N+](C)(C)C. The average Bonchev–Trinajstić information content (AvgIpc) is 3.27. The van der Waals surface area contributed by atoms with Crippen molar-refractivity contribution in [2.24, 2.45) is 0 Å². The van der Waals surface area contributed by atoms with E-state index in [-0.39, 0.29) is 32.0 Å². The fourth-order valence-electron chi connectivity index (χ4n) is 7.09. The molecule has 0 heterocycles. The molecule has 0 rings (SSSR count). The number of carbonyl (C=O) groups excluding carboxylic acids is 2. The lowest BCUT2D eigenvalue weighted by Gasteiger charge is -2.24. The Morgan fingerprint density at radius 2 is 0.864 bits per heavy atom. The molecule has 0 aliphatic rings. The summed E-state index contributed by atoms with van der Waals surface area (Å²) in [5, 5.41) is 0. The van der Waals surface area contributed by atoms with Crippen LogP contribution in [-0.2, 0) is 32.7 Å². The lowest BCUT2D eigenvalue weighted by atomic mass is 10.1. The summed E-state index contributed by atoms with van der Waals surface area (Å²) in [5.41, 5.74) is 0. The van der Waals surface area contributed by atoms with Crippen molar-refractivity contribution in [1.29, 1.82) is 0 Å². The first-order chi connectivity index (χ1) is 32.0. The largest absolute Gasteiger partial charge is 0.472 e. The van der Waals surface area contributed by atoms with Crippen LogP contribution in [0.15, 0.2) is 72.9 Å². The van der Waals surface area contributed by atoms with E-state index in [1.807, 2.05) is 21.1 Å². The van der Waals surface area contributed by atoms with Crippen LogP contribution in [0.25, 0.3) is 0 Å². The summed E-state index contributed by atoms with van der Waals surface area (Å²) in [6.45, 7) is 4.30. The molecule has 10 heteroatoms. The smallest absolute Gasteiger partial charge is 0.462 e. The normalized spacial score (nSPS) is 14.0. The topological polar surface area (TPSA) is 108 Å². The third-order valence-corrected chi connectivity index (χ3v) is 12.2. The maximum atomic E-state index is 12.8. The van der Waals surface area contributed by atoms with Crippen molar-refractivity contribution >= 4 is 19.8 Å². The van der Waals surface area contributed by atoms with Gasteiger partial charge >= 0.3 is 19.8 Å². The number of hydrogen-bond acceptors (Lipinski definition) is 7. The van der Waals surface area contributed by atoms with Crippen LogP contribution in [0.4, 0.5) is 0 Å². The molecule has 0 amide bonds. The van der Waals surface area contributed by atoms with Gasteiger partial charge in [-0.05, 0) is 83.5 Å². The predicted molar refractivity (Wildman–Crippen MR) is 279 cm³/mol. The second-order valence-electron chi connectivity index (χ2n) is 18.9. The number of ether oxygens (including phenoxy) is 2. The maximum absolute atomic E-state index is 12.8. The highest BCUT2D eigenvalue weighted by atomic mass is 31.2. The predicted octanol–water partition coefficient (Wildman–Crippen LogP) is 16.1. The fraction of sp³-hybridized carbons (Fsp3) is 0.750. The number of unbranched alkanes of at least 4 members (excludes halogenated alkanes) is 22. The number of quaternary nitrogens is 1. The molecular formula is C56H101NO8P+. The number of allylic oxidation sites excluding steroid dienone is 12. The number of hydrogen-bond donors (Lipinski definition) is 1. The van der Waals surface area contributed by atoms with E-state index >= 15 is 0 Å². The molecule has 382 valence electrons. The molecule has 9 nitrogen and oxygen atoms in total. The number of phosphoric acid groups is 1. The Labute approximate surface area is 406 Å². The van der Waals surface area contributed by atoms with Crippen LogP contribution in [0.1, 0.15) is 219 Å². The Morgan fingerprint density at radius 3 is 1.29 bits per heavy atom. The van der Waals surface area contributed by atoms with E-state index in [1.165, 1.54) is 109 Å². The Bertz CT molecular complexity index is 1350. The Balaban J connectivity index is 4.26. The van der Waals surface area contributed by atoms with E-state index < -0.39 is 26.5 Å². The first kappa shape index (κ1) is 63.5. The highest BCUT2D eigenvalue weighted by molar-refractivity contribution is 7.47. The number of carbonyl (C=O) groups is 2. The monoisotopic (exact) mass is 947 g/mol. The zero-order chi connectivity index (χ0) is 48.5. The van der Waals surface area contributed by atoms with Gasteiger partial charge in [-0.15, -0.1) is 0 Å². The molecule has 2 atom stereocenters. The second-order valence-corrected chi connectivity index (χ2v) is 20.3. The molecule has 0 aliphatic heterocycles. The summed E-state index contributed by atoms with van der Waals surface area (Å²) in [7, 11) is 1.46. The zero-order valence-corrected chi connectivity index (χ0v) is 44.1. The summed E-state index contributed by atoms with van der Waals surface area (Å²) in [6.07, 6.45) is 60.9. The molecule has 2 unspecified atom stereocenters. The van der Waals surface area contributed by atoms with Gasteiger partial charge in [0, 0.05) is 12.8 Å². The first-order valence-corrected chi connectivity index (χ1v) is 28.2. The molecule has 0 aromatic carbocycles. The maximum Gasteiger partial charge on any atom is 0.472 e. The summed E-state index contributed by atoms with van der Waals surface area (Å²) in [5.74, 6) is -0.812. The number of phosphoric ester groups is 1. The molecule has 0 aromatic heterocycles. The van der Waals surface area contributed by atoms with Gasteiger partial charge in [0.15, 0.2) is 6.10 Å². The molecule has 0 bridgehead atoms. The Morgan fingerprint density at radius 1 is 0.485 bits per heavy atom. The molecule has 1 N–H and O–H groups in total. The van der Waals surface area contributed by atoms with Crippen LogP contribution in [-0.4, -0.2) is 74.9 Å². The van der Waals surface area contributed by atoms with Crippen molar-refractivity contribution in [2.75, 3.05) is 47.5 Å². The van der Waals surface area contributed by atoms with Crippen LogP contribution in [0.5, 0.6) is 0 Å². The van der Waals surface area contributed by atoms with E-state index in [9.17, 15) is 19.0 Å². The van der Waals surface area contributed by atoms with Crippen LogP contribution in [0, 0.1) is 0 Å². The van der Waals surface area contributed by atoms with Crippen molar-refractivity contribution in [3.63, 3.8) is 0 Å². The van der Waals surface area contributed by atoms with Gasteiger partial charge in [0.2, 0.25) is 0 Å². The van der Waals surface area contributed by atoms with Gasteiger partial charge in [0.05, 0.1) is 27.7 Å². The standard InChI is InChI=1S/C56H100NO8P/c1-6-8-10-12-14-16-18-20-22-24-26-28-30-32-34-36-38-40-42-44-46-48-55(58)62-52-54(53-64-66(60,61)63-51-50-57(3,4)5)65-56(59)49-47-45-43-41-39-37-35-33-31-29-27-25-23-21-19-17-15-13-11-9-7-2/h9,11,15,17-18,20-21,23-24,26-27,29,54H,6-8,10,12-14,16,19,22,25,28,30-53H2,1-5H3/p+1/b11-9-,17-15-,20-18-,23-21-,26-24-,29-27-. The number of likely N-dealkylation sites (N-methyl/N-ethyl adjacent to an activating group) is 1. The van der Waals surface area contributed by atoms with Crippen LogP contribution >= 0.6 is 7.82 Å². The van der Waals surface area contributed by atoms with Crippen LogP contribution in [0.3, 0.4) is 0 Å². The summed E-state index contributed by atoms with van der Waals surface area (Å²) >= 11 is 0. The minimum atomic E-state index is -4.39. The third-order valence-electron chi connectivity index (χ3n) is 11.2. The Kier molecular flexibility index (Phi) is 45.7. The van der Waals surface area contributed by atoms with E-state index in [2.05, 4.69) is 86.8 Å². The molecule has 66 heavy (non-hydrogen) atoms. The molecule has 0 aromatic rings. The van der Waals surface area contributed by atoms with Crippen LogP contribution in [0.2, 0.25) is 0 Å². The zero-order valence-electron chi connectivity index (χ0n) is 43.2. The van der Waals surface area contributed by atoms with Crippen molar-refractivity contribution in [2.45, 2.75) is 225 Å². The summed E-state index contributed by atoms with van der Waals surface area (Å²) in [6, 6.07) is 0. The molecular weight excluding hydrogens is 846 g/mol. The highest BCUT2D eigenvalue weighted by Gasteiger charge is 2.27. The van der Waals surface area contributed by atoms with E-state index in [1.54, 1.807) is 0 Å². The fourth-order valence-corrected chi connectivity index (χ4v) is 7.84. The minimum Gasteiger partial charge on any atom is -0.462 e. The number of rotatable bonds is 48. The second kappa shape index (κ2) is 47.5. The molecule has 0 aliphatic carbocycles. The average molecular weight is 947 g/mol. The van der Waals surface area contributed by atoms with Gasteiger partial charge in [-0.25, -0.2) is 4.57 Å². The first-order valence-electron chi connectivity index (χ1n) is 26.7. The summed E-state index contributed by atoms with van der Waals surface area (Å²) < 4.78 is 34.5. The lowest BCUT2D eigenvalue weighted by molar-refractivity contribution is -0.870. The number of nitrogens with zero attached hydrogens (tertiary/aromatic N) is 1. The molecule has 0 saturated heterocycles. The molecule has 0 radical (unpaired) electrons. The quantitative estimate of drug-likeness (QED) is 0.0211. The van der Waals surface area contributed by atoms with Crippen molar-refractivity contribution < 1.29 is 42.1 Å². The van der Waals surface area contributed by atoms with Gasteiger partial charge in [-0.3, -0.25) is 18.6 Å². The van der Waals surface area contributed by atoms with Crippen molar-refractivity contribution in [3.8, 4) is 0 Å². The third kappa shape index (κ3) is 50.9. The van der Waals surface area contributed by atoms with Gasteiger partial charge in [0.1, 0.15) is 19.8 Å². The minimum absolute atomic E-state index is 0.0262. The highest BCUT2D eigenvalue weighted by Crippen LogP contribution is 2.43. The van der Waals surface area contributed by atoms with Gasteiger partial charge in [0.25, 0.3) is 0 Å². The van der Waals surface area contributed by atoms with Crippen molar-refractivity contribution in [3.05, 3.63) is 72.9 Å². The van der Waals surface area contributed by atoms with E-state index in [4.69, 9.17) is 18.5 Å². The molecule has 0 spiro atoms. The van der Waals surface area contributed by atoms with Gasteiger partial charge in [-0.1, -0.05) is 196 Å². The number of esters is 2. The van der Waals surface area contributed by atoms with Gasteiger partial charge in [-0.2, -0.15) is 0 Å². The summed E-state index contributed by atoms with van der Waals surface area (Å²) in [4.78, 5) is 35.6. The molecule has 0 saturated carbocycles.